The number of esters is 1. The minimum absolute atomic E-state index is 0.191. The molecule has 0 bridgehead atoms. The van der Waals surface area contributed by atoms with Crippen molar-refractivity contribution < 1.29 is 14.3 Å². The minimum atomic E-state index is -0.460. The number of methoxy groups -OCH3 is 1. The van der Waals surface area contributed by atoms with Crippen LogP contribution < -0.4 is 10.2 Å². The van der Waals surface area contributed by atoms with E-state index in [0.29, 0.717) is 22.0 Å². The van der Waals surface area contributed by atoms with Crippen molar-refractivity contribution in [3.05, 3.63) is 40.6 Å². The van der Waals surface area contributed by atoms with Crippen molar-refractivity contribution in [2.45, 2.75) is 38.1 Å². The lowest BCUT2D eigenvalue weighted by Gasteiger charge is -2.24. The second-order valence-corrected chi connectivity index (χ2v) is 6.63. The zero-order valence-electron chi connectivity index (χ0n) is 13.7. The highest BCUT2D eigenvalue weighted by Crippen LogP contribution is 2.28. The van der Waals surface area contributed by atoms with Gasteiger partial charge in [0, 0.05) is 16.8 Å². The number of hydrogen-bond acceptors (Lipinski definition) is 4. The summed E-state index contributed by atoms with van der Waals surface area (Å²) >= 11 is 5.91. The molecular weight excluding hydrogens is 328 g/mol. The van der Waals surface area contributed by atoms with Crippen LogP contribution in [0.25, 0.3) is 0 Å². The molecule has 3 rings (SSSR count). The van der Waals surface area contributed by atoms with E-state index < -0.39 is 5.97 Å². The van der Waals surface area contributed by atoms with Crippen molar-refractivity contribution in [2.75, 3.05) is 18.6 Å². The second-order valence-electron chi connectivity index (χ2n) is 6.19. The van der Waals surface area contributed by atoms with E-state index in [1.54, 1.807) is 29.2 Å². The number of rotatable bonds is 4. The van der Waals surface area contributed by atoms with Crippen molar-refractivity contribution in [2.24, 2.45) is 0 Å². The Balaban J connectivity index is 1.84. The van der Waals surface area contributed by atoms with Gasteiger partial charge in [-0.25, -0.2) is 4.79 Å². The first kappa shape index (κ1) is 16.8. The molecular formula is C18H21ClN2O3. The molecule has 0 atom stereocenters. The van der Waals surface area contributed by atoms with Crippen LogP contribution in [0.5, 0.6) is 0 Å². The number of benzene rings is 1. The highest BCUT2D eigenvalue weighted by molar-refractivity contribution is 6.30. The molecule has 1 aromatic carbocycles. The molecule has 24 heavy (non-hydrogen) atoms. The fourth-order valence-corrected chi connectivity index (χ4v) is 3.42. The van der Waals surface area contributed by atoms with Gasteiger partial charge >= 0.3 is 5.97 Å². The molecule has 1 fully saturated rings. The molecule has 1 saturated carbocycles. The standard InChI is InChI=1S/C18H21ClN2O3/c1-24-18(23)15-11-21(14-9-7-12(19)8-10-14)17(22)16(15)20-13-5-3-2-4-6-13/h7-10,13,20H,2-6,11H2,1H3. The van der Waals surface area contributed by atoms with E-state index in [1.807, 2.05) is 0 Å². The van der Waals surface area contributed by atoms with Crippen LogP contribution in [0.15, 0.2) is 35.5 Å². The van der Waals surface area contributed by atoms with Gasteiger partial charge < -0.3 is 15.0 Å². The van der Waals surface area contributed by atoms with Gasteiger partial charge in [-0.15, -0.1) is 0 Å². The Bertz CT molecular complexity index is 663. The van der Waals surface area contributed by atoms with Crippen molar-refractivity contribution in [1.82, 2.24) is 5.32 Å². The van der Waals surface area contributed by atoms with E-state index in [1.165, 1.54) is 13.5 Å². The molecule has 2 aliphatic rings. The van der Waals surface area contributed by atoms with Crippen molar-refractivity contribution in [3.8, 4) is 0 Å². The molecule has 5 nitrogen and oxygen atoms in total. The summed E-state index contributed by atoms with van der Waals surface area (Å²) in [4.78, 5) is 26.6. The van der Waals surface area contributed by atoms with Crippen LogP contribution in [0, 0.1) is 0 Å². The molecule has 1 aliphatic heterocycles. The SMILES string of the molecule is COC(=O)C1=C(NC2CCCCC2)C(=O)N(c2ccc(Cl)cc2)C1. The summed E-state index contributed by atoms with van der Waals surface area (Å²) in [6, 6.07) is 7.25. The number of carbonyl (C=O) groups is 2. The number of ether oxygens (including phenoxy) is 1. The van der Waals surface area contributed by atoms with E-state index in [0.717, 1.165) is 25.7 Å². The summed E-state index contributed by atoms with van der Waals surface area (Å²) in [6.45, 7) is 0.211. The summed E-state index contributed by atoms with van der Waals surface area (Å²) in [7, 11) is 1.34. The Labute approximate surface area is 146 Å². The number of nitrogens with zero attached hydrogens (tertiary/aromatic N) is 1. The van der Waals surface area contributed by atoms with E-state index in [9.17, 15) is 9.59 Å². The fraction of sp³-hybridized carbons (Fsp3) is 0.444. The summed E-state index contributed by atoms with van der Waals surface area (Å²) in [6.07, 6.45) is 5.56. The van der Waals surface area contributed by atoms with Gasteiger partial charge in [-0.05, 0) is 37.1 Å². The Kier molecular flexibility index (Phi) is 5.09. The summed E-state index contributed by atoms with van der Waals surface area (Å²) < 4.78 is 4.87. The van der Waals surface area contributed by atoms with Gasteiger partial charge in [0.1, 0.15) is 5.70 Å². The zero-order chi connectivity index (χ0) is 17.1. The van der Waals surface area contributed by atoms with Gasteiger partial charge in [0.05, 0.1) is 19.2 Å². The van der Waals surface area contributed by atoms with Crippen LogP contribution in [-0.2, 0) is 14.3 Å². The average molecular weight is 349 g/mol. The molecule has 0 saturated heterocycles. The maximum absolute atomic E-state index is 12.9. The molecule has 128 valence electrons. The summed E-state index contributed by atoms with van der Waals surface area (Å²) in [5, 5.41) is 3.91. The Morgan fingerprint density at radius 2 is 1.88 bits per heavy atom. The van der Waals surface area contributed by atoms with E-state index in [-0.39, 0.29) is 18.5 Å². The van der Waals surface area contributed by atoms with Crippen LogP contribution in [-0.4, -0.2) is 31.6 Å². The second kappa shape index (κ2) is 7.26. The number of amides is 1. The van der Waals surface area contributed by atoms with Gasteiger partial charge in [0.15, 0.2) is 0 Å². The predicted molar refractivity (Wildman–Crippen MR) is 92.9 cm³/mol. The van der Waals surface area contributed by atoms with Crippen molar-refractivity contribution in [1.29, 1.82) is 0 Å². The van der Waals surface area contributed by atoms with Gasteiger partial charge in [0.25, 0.3) is 5.91 Å². The number of carbonyl (C=O) groups excluding carboxylic acids is 2. The lowest BCUT2D eigenvalue weighted by Crippen LogP contribution is -2.36. The molecule has 0 aromatic heterocycles. The average Bonchev–Trinajstić information content (AvgIpc) is 2.93. The van der Waals surface area contributed by atoms with E-state index in [2.05, 4.69) is 5.32 Å². The van der Waals surface area contributed by atoms with Crippen LogP contribution >= 0.6 is 11.6 Å². The molecule has 0 radical (unpaired) electrons. The van der Waals surface area contributed by atoms with Gasteiger partial charge in [-0.1, -0.05) is 30.9 Å². The van der Waals surface area contributed by atoms with Crippen molar-refractivity contribution >= 4 is 29.2 Å². The Morgan fingerprint density at radius 1 is 1.21 bits per heavy atom. The number of anilines is 1. The van der Waals surface area contributed by atoms with E-state index in [4.69, 9.17) is 16.3 Å². The maximum atomic E-state index is 12.9. The third-order valence-corrected chi connectivity index (χ3v) is 4.85. The lowest BCUT2D eigenvalue weighted by molar-refractivity contribution is -0.136. The Morgan fingerprint density at radius 3 is 2.50 bits per heavy atom. The first-order valence-corrected chi connectivity index (χ1v) is 8.63. The van der Waals surface area contributed by atoms with Crippen LogP contribution in [0.2, 0.25) is 5.02 Å². The molecule has 6 heteroatoms. The predicted octanol–water partition coefficient (Wildman–Crippen LogP) is 3.04. The van der Waals surface area contributed by atoms with Gasteiger partial charge in [-0.2, -0.15) is 0 Å². The van der Waals surface area contributed by atoms with Crippen molar-refractivity contribution in [3.63, 3.8) is 0 Å². The molecule has 0 spiro atoms. The smallest absolute Gasteiger partial charge is 0.337 e. The highest BCUT2D eigenvalue weighted by atomic mass is 35.5. The lowest BCUT2D eigenvalue weighted by atomic mass is 9.95. The first-order chi connectivity index (χ1) is 11.6. The molecule has 0 unspecified atom stereocenters. The van der Waals surface area contributed by atoms with E-state index >= 15 is 0 Å². The van der Waals surface area contributed by atoms with Crippen LogP contribution in [0.3, 0.4) is 0 Å². The maximum Gasteiger partial charge on any atom is 0.337 e. The third-order valence-electron chi connectivity index (χ3n) is 4.60. The number of halogens is 1. The summed E-state index contributed by atoms with van der Waals surface area (Å²) in [5.74, 6) is -0.651. The van der Waals surface area contributed by atoms with Gasteiger partial charge in [0.2, 0.25) is 0 Å². The highest BCUT2D eigenvalue weighted by Gasteiger charge is 2.36. The molecule has 1 heterocycles. The Hall–Kier alpha value is -2.01. The fourth-order valence-electron chi connectivity index (χ4n) is 3.29. The minimum Gasteiger partial charge on any atom is -0.466 e. The first-order valence-electron chi connectivity index (χ1n) is 8.25. The number of hydrogen-bond donors (Lipinski definition) is 1. The summed E-state index contributed by atoms with van der Waals surface area (Å²) in [5.41, 5.74) is 1.48. The van der Waals surface area contributed by atoms with Gasteiger partial charge in [-0.3, -0.25) is 4.79 Å². The quantitative estimate of drug-likeness (QED) is 0.850. The normalized spacial score (nSPS) is 18.9. The molecule has 1 aromatic rings. The topological polar surface area (TPSA) is 58.6 Å². The third kappa shape index (κ3) is 3.41. The molecule has 1 N–H and O–H groups in total. The molecule has 1 amide bonds. The number of nitrogens with one attached hydrogen (secondary N) is 1. The molecule has 1 aliphatic carbocycles. The van der Waals surface area contributed by atoms with Crippen LogP contribution in [0.4, 0.5) is 5.69 Å². The largest absolute Gasteiger partial charge is 0.466 e. The monoisotopic (exact) mass is 348 g/mol. The van der Waals surface area contributed by atoms with Crippen LogP contribution in [0.1, 0.15) is 32.1 Å². The zero-order valence-corrected chi connectivity index (χ0v) is 14.4.